The Bertz CT molecular complexity index is 1120. The summed E-state index contributed by atoms with van der Waals surface area (Å²) in [6.07, 6.45) is -0.279. The summed E-state index contributed by atoms with van der Waals surface area (Å²) in [5.74, 6) is 0.454. The smallest absolute Gasteiger partial charge is 0.392 e. The van der Waals surface area contributed by atoms with Gasteiger partial charge in [-0.3, -0.25) is 9.59 Å². The van der Waals surface area contributed by atoms with Gasteiger partial charge < -0.3 is 19.7 Å². The zero-order chi connectivity index (χ0) is 25.9. The summed E-state index contributed by atoms with van der Waals surface area (Å²) in [5.41, 5.74) is 2.43. The Kier molecular flexibility index (Phi) is 7.77. The number of alkyl halides is 3. The van der Waals surface area contributed by atoms with Crippen molar-refractivity contribution in [2.45, 2.75) is 58.3 Å². The van der Waals surface area contributed by atoms with Crippen molar-refractivity contribution < 1.29 is 32.2 Å². The van der Waals surface area contributed by atoms with Crippen molar-refractivity contribution in [1.29, 1.82) is 0 Å². The van der Waals surface area contributed by atoms with E-state index in [0.717, 1.165) is 18.4 Å². The van der Waals surface area contributed by atoms with E-state index < -0.39 is 19.2 Å². The molecule has 2 amide bonds. The normalized spacial score (nSPS) is 17.1. The number of rotatable bonds is 8. The molecule has 1 atom stereocenters. The van der Waals surface area contributed by atoms with Crippen molar-refractivity contribution in [2.24, 2.45) is 5.92 Å². The predicted molar refractivity (Wildman–Crippen MR) is 124 cm³/mol. The first-order chi connectivity index (χ1) is 17.1. The quantitative estimate of drug-likeness (QED) is 0.563. The fraction of sp³-hybridized carbons (Fsp3) is 0.520. The van der Waals surface area contributed by atoms with Crippen LogP contribution in [0.1, 0.15) is 65.7 Å². The Balaban J connectivity index is 1.42. The summed E-state index contributed by atoms with van der Waals surface area (Å²) in [6, 6.07) is 3.02. The van der Waals surface area contributed by atoms with Crippen LogP contribution < -0.4 is 10.1 Å². The molecule has 194 valence electrons. The number of aromatic nitrogens is 2. The molecule has 1 unspecified atom stereocenters. The minimum absolute atomic E-state index is 0.130. The van der Waals surface area contributed by atoms with Crippen LogP contribution in [-0.4, -0.2) is 52.7 Å². The second-order valence-electron chi connectivity index (χ2n) is 9.21. The number of hydrogen-bond donors (Lipinski definition) is 1. The lowest BCUT2D eigenvalue weighted by atomic mass is 9.96. The van der Waals surface area contributed by atoms with Crippen molar-refractivity contribution in [3.63, 3.8) is 0 Å². The molecule has 8 nitrogen and oxygen atoms in total. The molecule has 11 heteroatoms. The minimum Gasteiger partial charge on any atom is -0.477 e. The molecule has 0 aromatic carbocycles. The van der Waals surface area contributed by atoms with Gasteiger partial charge in [-0.2, -0.15) is 13.2 Å². The number of nitrogens with one attached hydrogen (secondary N) is 1. The third-order valence-electron chi connectivity index (χ3n) is 6.57. The van der Waals surface area contributed by atoms with E-state index in [1.165, 1.54) is 12.4 Å². The highest BCUT2D eigenvalue weighted by atomic mass is 19.4. The van der Waals surface area contributed by atoms with Crippen molar-refractivity contribution in [3.8, 4) is 5.88 Å². The van der Waals surface area contributed by atoms with E-state index >= 15 is 0 Å². The monoisotopic (exact) mass is 506 g/mol. The number of pyridine rings is 2. The molecule has 2 aromatic heterocycles. The highest BCUT2D eigenvalue weighted by Crippen LogP contribution is 2.35. The molecule has 0 spiro atoms. The number of anilines is 1. The zero-order valence-electron chi connectivity index (χ0n) is 20.2. The highest BCUT2D eigenvalue weighted by molar-refractivity contribution is 6.01. The molecule has 1 N–H and O–H groups in total. The van der Waals surface area contributed by atoms with Crippen molar-refractivity contribution >= 4 is 17.6 Å². The van der Waals surface area contributed by atoms with Gasteiger partial charge in [0.1, 0.15) is 5.82 Å². The summed E-state index contributed by atoms with van der Waals surface area (Å²) >= 11 is 0. The van der Waals surface area contributed by atoms with Crippen LogP contribution in [0, 0.1) is 12.8 Å². The number of halogens is 3. The number of aryl methyl sites for hydroxylation is 1. The lowest BCUT2D eigenvalue weighted by Crippen LogP contribution is -2.27. The number of carbonyl (C=O) groups is 2. The second kappa shape index (κ2) is 10.8. The second-order valence-corrected chi connectivity index (χ2v) is 9.21. The lowest BCUT2D eigenvalue weighted by Gasteiger charge is -2.25. The molecule has 0 aliphatic carbocycles. The molecule has 4 heterocycles. The molecular weight excluding hydrogens is 477 g/mol. The Hall–Kier alpha value is -3.21. The van der Waals surface area contributed by atoms with Crippen LogP contribution >= 0.6 is 0 Å². The molecule has 2 aromatic rings. The van der Waals surface area contributed by atoms with Crippen LogP contribution in [-0.2, 0) is 16.1 Å². The van der Waals surface area contributed by atoms with Gasteiger partial charge in [0.25, 0.3) is 5.91 Å². The maximum Gasteiger partial charge on any atom is 0.392 e. The topological polar surface area (TPSA) is 93.7 Å². The SMILES string of the molecule is Cc1cc(C(C)N2Cc3c(ccnc3NC(=O)CC3CCOCC3)C2=O)cnc1OCCC(F)(F)F. The van der Waals surface area contributed by atoms with Gasteiger partial charge >= 0.3 is 6.18 Å². The number of nitrogens with zero attached hydrogens (tertiary/aromatic N) is 3. The molecule has 2 aliphatic heterocycles. The fourth-order valence-electron chi connectivity index (χ4n) is 4.47. The van der Waals surface area contributed by atoms with E-state index in [1.807, 2.05) is 6.92 Å². The summed E-state index contributed by atoms with van der Waals surface area (Å²) in [4.78, 5) is 35.9. The molecule has 0 radical (unpaired) electrons. The number of fused-ring (bicyclic) bond motifs is 1. The number of amides is 2. The number of carbonyl (C=O) groups excluding carboxylic acids is 2. The average Bonchev–Trinajstić information content (AvgIpc) is 3.17. The molecule has 2 aliphatic rings. The highest BCUT2D eigenvalue weighted by Gasteiger charge is 2.34. The Morgan fingerprint density at radius 3 is 2.75 bits per heavy atom. The summed E-state index contributed by atoms with van der Waals surface area (Å²) in [6.45, 7) is 4.62. The molecule has 0 bridgehead atoms. The van der Waals surface area contributed by atoms with Gasteiger partial charge in [0.05, 0.1) is 25.6 Å². The van der Waals surface area contributed by atoms with E-state index in [4.69, 9.17) is 9.47 Å². The number of hydrogen-bond acceptors (Lipinski definition) is 6. The maximum atomic E-state index is 13.2. The summed E-state index contributed by atoms with van der Waals surface area (Å²) in [7, 11) is 0. The van der Waals surface area contributed by atoms with Crippen molar-refractivity contribution in [1.82, 2.24) is 14.9 Å². The molecule has 1 saturated heterocycles. The van der Waals surface area contributed by atoms with Gasteiger partial charge in [0.2, 0.25) is 11.8 Å². The minimum atomic E-state index is -4.30. The average molecular weight is 507 g/mol. The predicted octanol–water partition coefficient (Wildman–Crippen LogP) is 4.59. The Morgan fingerprint density at radius 1 is 1.31 bits per heavy atom. The lowest BCUT2D eigenvalue weighted by molar-refractivity contribution is -0.139. The first-order valence-electron chi connectivity index (χ1n) is 11.9. The van der Waals surface area contributed by atoms with Crippen LogP contribution in [0.2, 0.25) is 0 Å². The van der Waals surface area contributed by atoms with Crippen LogP contribution in [0.25, 0.3) is 0 Å². The standard InChI is InChI=1S/C25H29F3N4O4/c1-15-11-18(13-30-23(15)36-10-6-25(26,27)28)16(2)32-14-20-19(24(32)34)3-7-29-22(20)31-21(33)12-17-4-8-35-9-5-17/h3,7,11,13,16-17H,4-6,8-10,12,14H2,1-2H3,(H,29,31,33). The van der Waals surface area contributed by atoms with Gasteiger partial charge in [-0.25, -0.2) is 9.97 Å². The molecule has 0 saturated carbocycles. The maximum absolute atomic E-state index is 13.2. The molecule has 4 rings (SSSR count). The molecule has 36 heavy (non-hydrogen) atoms. The summed E-state index contributed by atoms with van der Waals surface area (Å²) < 4.78 is 47.7. The zero-order valence-corrected chi connectivity index (χ0v) is 20.2. The Morgan fingerprint density at radius 2 is 2.06 bits per heavy atom. The van der Waals surface area contributed by atoms with Crippen LogP contribution in [0.5, 0.6) is 5.88 Å². The molecular formula is C25H29F3N4O4. The van der Waals surface area contributed by atoms with E-state index in [-0.39, 0.29) is 36.2 Å². The van der Waals surface area contributed by atoms with Gasteiger partial charge in [-0.05, 0) is 50.3 Å². The first-order valence-corrected chi connectivity index (χ1v) is 11.9. The van der Waals surface area contributed by atoms with E-state index in [0.29, 0.717) is 42.1 Å². The fourth-order valence-corrected chi connectivity index (χ4v) is 4.47. The van der Waals surface area contributed by atoms with Crippen LogP contribution in [0.4, 0.5) is 19.0 Å². The first kappa shape index (κ1) is 25.9. The molecule has 1 fully saturated rings. The third kappa shape index (κ3) is 6.13. The van der Waals surface area contributed by atoms with Crippen molar-refractivity contribution in [2.75, 3.05) is 25.1 Å². The van der Waals surface area contributed by atoms with Gasteiger partial charge in [-0.15, -0.1) is 0 Å². The van der Waals surface area contributed by atoms with Crippen LogP contribution in [0.3, 0.4) is 0 Å². The number of ether oxygens (including phenoxy) is 2. The van der Waals surface area contributed by atoms with E-state index in [1.54, 1.807) is 24.0 Å². The Labute approximate surface area is 207 Å². The van der Waals surface area contributed by atoms with E-state index in [9.17, 15) is 22.8 Å². The van der Waals surface area contributed by atoms with Gasteiger partial charge in [0, 0.05) is 48.7 Å². The van der Waals surface area contributed by atoms with Crippen LogP contribution in [0.15, 0.2) is 24.5 Å². The largest absolute Gasteiger partial charge is 0.477 e. The van der Waals surface area contributed by atoms with E-state index in [2.05, 4.69) is 15.3 Å². The van der Waals surface area contributed by atoms with Gasteiger partial charge in [0.15, 0.2) is 0 Å². The third-order valence-corrected chi connectivity index (χ3v) is 6.57. The summed E-state index contributed by atoms with van der Waals surface area (Å²) in [5, 5.41) is 2.88. The van der Waals surface area contributed by atoms with Crippen molar-refractivity contribution in [3.05, 3.63) is 46.8 Å². The van der Waals surface area contributed by atoms with Gasteiger partial charge in [-0.1, -0.05) is 0 Å².